The number of hydrogen-bond donors (Lipinski definition) is 1. The maximum atomic E-state index is 14.2. The fourth-order valence-corrected chi connectivity index (χ4v) is 10.5. The van der Waals surface area contributed by atoms with Gasteiger partial charge in [0.15, 0.2) is 0 Å². The average Bonchev–Trinajstić information content (AvgIpc) is 3.90. The van der Waals surface area contributed by atoms with Gasteiger partial charge in [0.05, 0.1) is 46.6 Å². The van der Waals surface area contributed by atoms with Crippen molar-refractivity contribution in [3.63, 3.8) is 0 Å². The monoisotopic (exact) mass is 834 g/mol. The topological polar surface area (TPSA) is 145 Å². The van der Waals surface area contributed by atoms with Crippen LogP contribution in [0.4, 0.5) is 18.3 Å². The number of esters is 1. The van der Waals surface area contributed by atoms with E-state index in [1.165, 1.54) is 29.7 Å². The number of pyridine rings is 1. The molecule has 1 unspecified atom stereocenters. The summed E-state index contributed by atoms with van der Waals surface area (Å²) in [5.74, 6) is -0.147. The Bertz CT molecular complexity index is 2430. The third-order valence-corrected chi connectivity index (χ3v) is 13.6. The summed E-state index contributed by atoms with van der Waals surface area (Å²) in [7, 11) is -7.30. The van der Waals surface area contributed by atoms with E-state index < -0.39 is 53.7 Å². The molecule has 3 aromatic carbocycles. The Morgan fingerprint density at radius 1 is 1.04 bits per heavy atom. The van der Waals surface area contributed by atoms with Gasteiger partial charge in [-0.15, -0.1) is 0 Å². The number of sulfonamides is 2. The van der Waals surface area contributed by atoms with Gasteiger partial charge in [-0.1, -0.05) is 53.3 Å². The number of anilines is 1. The highest BCUT2D eigenvalue weighted by atomic mass is 35.5. The molecule has 1 saturated carbocycles. The van der Waals surface area contributed by atoms with E-state index >= 15 is 0 Å². The number of methoxy groups -OCH3 is 1. The molecule has 0 radical (unpaired) electrons. The predicted molar refractivity (Wildman–Crippen MR) is 201 cm³/mol. The summed E-state index contributed by atoms with van der Waals surface area (Å²) in [5, 5.41) is -0.221. The summed E-state index contributed by atoms with van der Waals surface area (Å²) in [6.45, 7) is 3.47. The Balaban J connectivity index is 1.30. The number of nitrogens with one attached hydrogen (secondary N) is 1. The van der Waals surface area contributed by atoms with Gasteiger partial charge in [-0.05, 0) is 91.9 Å². The molecule has 11 nitrogen and oxygen atoms in total. The van der Waals surface area contributed by atoms with Gasteiger partial charge in [0.25, 0.3) is 10.0 Å². The lowest BCUT2D eigenvalue weighted by Gasteiger charge is -2.22. The zero-order valence-electron chi connectivity index (χ0n) is 29.5. The molecule has 0 aliphatic heterocycles. The van der Waals surface area contributed by atoms with Gasteiger partial charge >= 0.3 is 12.1 Å². The number of rotatable bonds is 14. The molecule has 290 valence electrons. The molecule has 0 saturated heterocycles. The first-order chi connectivity index (χ1) is 26.0. The Morgan fingerprint density at radius 2 is 1.76 bits per heavy atom. The lowest BCUT2D eigenvalue weighted by molar-refractivity contribution is -0.137. The maximum Gasteiger partial charge on any atom is 0.416 e. The molecular weight excluding hydrogens is 801 g/mol. The van der Waals surface area contributed by atoms with Crippen molar-refractivity contribution in [3.8, 4) is 5.75 Å². The number of hydrogen-bond acceptors (Lipinski definition) is 10. The third kappa shape index (κ3) is 8.80. The van der Waals surface area contributed by atoms with Crippen LogP contribution in [0.5, 0.6) is 5.75 Å². The smallest absolute Gasteiger partial charge is 0.416 e. The number of carbonyl (C=O) groups excluding carboxylic acids is 1. The summed E-state index contributed by atoms with van der Waals surface area (Å²) in [6.07, 6.45) is -1.88. The van der Waals surface area contributed by atoms with E-state index in [9.17, 15) is 34.8 Å². The second-order valence-corrected chi connectivity index (χ2v) is 17.4. The minimum atomic E-state index is -4.80. The molecule has 6 rings (SSSR count). The standard InChI is InChI=1S/C37H34ClF3N4O7S3/c1-4-52-35(46)34-22(2)43-36(53-34)45(27-13-14-27)55(49,50)28-15-17-31(51-3)25(20-28)19-23-8-10-24(11-9-23)33(30-7-5-6-18-42-30)44-54(47,48)32-21-26(37(39,40)41)12-16-29(32)38/h5-12,15-18,20-21,27,33,44H,4,13-14,19H2,1-3H3. The molecule has 5 aromatic rings. The largest absolute Gasteiger partial charge is 0.496 e. The normalized spacial score (nSPS) is 14.0. The Kier molecular flexibility index (Phi) is 11.6. The van der Waals surface area contributed by atoms with Crippen LogP contribution in [-0.2, 0) is 37.4 Å². The van der Waals surface area contributed by atoms with E-state index in [0.717, 1.165) is 17.4 Å². The number of alkyl halides is 3. The van der Waals surface area contributed by atoms with Crippen LogP contribution in [0.15, 0.2) is 94.9 Å². The molecule has 0 amide bonds. The maximum absolute atomic E-state index is 14.2. The summed E-state index contributed by atoms with van der Waals surface area (Å²) in [6, 6.07) is 16.7. The van der Waals surface area contributed by atoms with Crippen LogP contribution in [0.2, 0.25) is 5.02 Å². The molecule has 1 aliphatic carbocycles. The average molecular weight is 835 g/mol. The van der Waals surface area contributed by atoms with E-state index in [1.54, 1.807) is 62.4 Å². The molecule has 18 heteroatoms. The zero-order chi connectivity index (χ0) is 39.7. The summed E-state index contributed by atoms with van der Waals surface area (Å²) in [4.78, 5) is 20.7. The van der Waals surface area contributed by atoms with Crippen LogP contribution in [0, 0.1) is 6.92 Å². The Morgan fingerprint density at radius 3 is 2.38 bits per heavy atom. The molecule has 0 bridgehead atoms. The highest BCUT2D eigenvalue weighted by Gasteiger charge is 2.41. The fourth-order valence-electron chi connectivity index (χ4n) is 5.79. The molecule has 0 spiro atoms. The zero-order valence-corrected chi connectivity index (χ0v) is 32.7. The number of ether oxygens (including phenoxy) is 2. The molecule has 2 aromatic heterocycles. The van der Waals surface area contributed by atoms with Crippen LogP contribution in [0.25, 0.3) is 0 Å². The van der Waals surface area contributed by atoms with E-state index in [-0.39, 0.29) is 39.7 Å². The number of nitrogens with zero attached hydrogens (tertiary/aromatic N) is 3. The van der Waals surface area contributed by atoms with Gasteiger partial charge in [0.2, 0.25) is 15.2 Å². The lowest BCUT2D eigenvalue weighted by atomic mass is 9.99. The van der Waals surface area contributed by atoms with Gasteiger partial charge in [0, 0.05) is 18.7 Å². The van der Waals surface area contributed by atoms with Crippen molar-refractivity contribution in [2.24, 2.45) is 0 Å². The van der Waals surface area contributed by atoms with Crippen molar-refractivity contribution in [2.45, 2.75) is 61.2 Å². The summed E-state index contributed by atoms with van der Waals surface area (Å²) < 4.78 is 110. The van der Waals surface area contributed by atoms with Crippen LogP contribution < -0.4 is 13.8 Å². The molecule has 1 atom stereocenters. The van der Waals surface area contributed by atoms with Crippen LogP contribution in [-0.4, -0.2) is 52.5 Å². The number of carbonyl (C=O) groups is 1. The third-order valence-electron chi connectivity index (χ3n) is 8.63. The second kappa shape index (κ2) is 15.9. The SMILES string of the molecule is CCOC(=O)c1sc(N(C2CC2)S(=O)(=O)c2ccc(OC)c(Cc3ccc(C(NS(=O)(=O)c4cc(C(F)(F)F)ccc4Cl)c4ccccn4)cc3)c2)nc1C. The van der Waals surface area contributed by atoms with E-state index in [0.29, 0.717) is 53.1 Å². The number of aromatic nitrogens is 2. The minimum Gasteiger partial charge on any atom is -0.496 e. The van der Waals surface area contributed by atoms with E-state index in [2.05, 4.69) is 14.7 Å². The summed E-state index contributed by atoms with van der Waals surface area (Å²) >= 11 is 7.06. The molecule has 55 heavy (non-hydrogen) atoms. The fraction of sp³-hybridized carbons (Fsp3) is 0.270. The van der Waals surface area contributed by atoms with Gasteiger partial charge < -0.3 is 9.47 Å². The Hall–Kier alpha value is -4.55. The number of halogens is 4. The highest BCUT2D eigenvalue weighted by Crippen LogP contribution is 2.41. The second-order valence-electron chi connectivity index (χ2n) is 12.5. The predicted octanol–water partition coefficient (Wildman–Crippen LogP) is 7.72. The van der Waals surface area contributed by atoms with Crippen molar-refractivity contribution in [1.29, 1.82) is 0 Å². The number of aryl methyl sites for hydroxylation is 1. The molecule has 1 aliphatic rings. The van der Waals surface area contributed by atoms with E-state index in [4.69, 9.17) is 21.1 Å². The number of thiazole rings is 1. The lowest BCUT2D eigenvalue weighted by Crippen LogP contribution is -2.33. The van der Waals surface area contributed by atoms with Crippen molar-refractivity contribution in [1.82, 2.24) is 14.7 Å². The first-order valence-electron chi connectivity index (χ1n) is 16.8. The molecule has 2 heterocycles. The van der Waals surface area contributed by atoms with Gasteiger partial charge in [-0.3, -0.25) is 4.98 Å². The Labute approximate surface area is 325 Å². The van der Waals surface area contributed by atoms with Crippen molar-refractivity contribution < 1.29 is 44.3 Å². The van der Waals surface area contributed by atoms with Gasteiger partial charge in [-0.2, -0.15) is 17.9 Å². The number of benzene rings is 3. The molecule has 1 fully saturated rings. The first-order valence-corrected chi connectivity index (χ1v) is 20.9. The molecule has 1 N–H and O–H groups in total. The molecular formula is C37H34ClF3N4O7S3. The van der Waals surface area contributed by atoms with Crippen LogP contribution >= 0.6 is 22.9 Å². The highest BCUT2D eigenvalue weighted by molar-refractivity contribution is 7.93. The van der Waals surface area contributed by atoms with Crippen molar-refractivity contribution in [2.75, 3.05) is 18.0 Å². The van der Waals surface area contributed by atoms with Crippen LogP contribution in [0.1, 0.15) is 69.1 Å². The minimum absolute atomic E-state index is 0.00441. The van der Waals surface area contributed by atoms with Crippen molar-refractivity contribution >= 4 is 54.1 Å². The first kappa shape index (κ1) is 40.1. The van der Waals surface area contributed by atoms with Crippen LogP contribution in [0.3, 0.4) is 0 Å². The van der Waals surface area contributed by atoms with Gasteiger partial charge in [0.1, 0.15) is 15.5 Å². The van der Waals surface area contributed by atoms with Gasteiger partial charge in [-0.25, -0.2) is 30.9 Å². The quantitative estimate of drug-likeness (QED) is 0.111. The van der Waals surface area contributed by atoms with Crippen molar-refractivity contribution in [3.05, 3.63) is 129 Å². The van der Waals surface area contributed by atoms with E-state index in [1.807, 2.05) is 0 Å². The summed E-state index contributed by atoms with van der Waals surface area (Å²) in [5.41, 5.74) is 1.12.